The number of carbonyl (C=O) groups is 1. The number of rotatable bonds is 5. The minimum absolute atomic E-state index is 0.0527. The van der Waals surface area contributed by atoms with Crippen molar-refractivity contribution in [1.29, 1.82) is 0 Å². The molecule has 3 rings (SSSR count). The van der Waals surface area contributed by atoms with E-state index in [1.807, 2.05) is 53.8 Å². The van der Waals surface area contributed by atoms with Crippen molar-refractivity contribution >= 4 is 5.91 Å². The van der Waals surface area contributed by atoms with Crippen LogP contribution in [0.5, 0.6) is 5.75 Å². The number of methoxy groups -OCH3 is 1. The molecule has 1 heterocycles. The number of benzene rings is 2. The molecule has 1 amide bonds. The van der Waals surface area contributed by atoms with Crippen LogP contribution in [0.2, 0.25) is 0 Å². The van der Waals surface area contributed by atoms with Gasteiger partial charge in [-0.3, -0.25) is 9.69 Å². The van der Waals surface area contributed by atoms with Crippen LogP contribution in [0, 0.1) is 0 Å². The first-order valence-electron chi connectivity index (χ1n) is 8.65. The van der Waals surface area contributed by atoms with Gasteiger partial charge < -0.3 is 10.1 Å². The first-order valence-corrected chi connectivity index (χ1v) is 8.65. The van der Waals surface area contributed by atoms with Crippen LogP contribution in [0.3, 0.4) is 0 Å². The van der Waals surface area contributed by atoms with Gasteiger partial charge in [0.2, 0.25) is 0 Å². The number of amides is 1. The lowest BCUT2D eigenvalue weighted by Crippen LogP contribution is -2.49. The molecule has 2 aromatic carbocycles. The zero-order valence-electron chi connectivity index (χ0n) is 14.9. The Kier molecular flexibility index (Phi) is 5.70. The molecule has 7 heteroatoms. The lowest BCUT2D eigenvalue weighted by molar-refractivity contribution is -0.173. The molecule has 0 spiro atoms. The lowest BCUT2D eigenvalue weighted by Gasteiger charge is -2.37. The van der Waals surface area contributed by atoms with Crippen molar-refractivity contribution in [2.75, 3.05) is 13.7 Å². The predicted molar refractivity (Wildman–Crippen MR) is 95.2 cm³/mol. The smallest absolute Gasteiger partial charge is 0.471 e. The summed E-state index contributed by atoms with van der Waals surface area (Å²) >= 11 is 0. The maximum Gasteiger partial charge on any atom is 0.471 e. The van der Waals surface area contributed by atoms with Crippen LogP contribution in [0.15, 0.2) is 48.5 Å². The van der Waals surface area contributed by atoms with Crippen molar-refractivity contribution in [3.8, 4) is 5.75 Å². The molecule has 0 saturated carbocycles. The summed E-state index contributed by atoms with van der Waals surface area (Å²) < 4.78 is 42.7. The van der Waals surface area contributed by atoms with E-state index >= 15 is 0 Å². The molecule has 4 nitrogen and oxygen atoms in total. The van der Waals surface area contributed by atoms with Gasteiger partial charge >= 0.3 is 12.1 Å². The zero-order chi connectivity index (χ0) is 19.4. The Bertz CT molecular complexity index is 791. The third-order valence-electron chi connectivity index (χ3n) is 4.76. The summed E-state index contributed by atoms with van der Waals surface area (Å²) in [5.74, 6) is -1.15. The molecular weight excluding hydrogens is 357 g/mol. The van der Waals surface area contributed by atoms with Crippen LogP contribution in [0.25, 0.3) is 0 Å². The van der Waals surface area contributed by atoms with Gasteiger partial charge in [-0.05, 0) is 35.2 Å². The van der Waals surface area contributed by atoms with Crippen molar-refractivity contribution in [2.45, 2.75) is 31.7 Å². The number of hydrogen-bond acceptors (Lipinski definition) is 3. The summed E-state index contributed by atoms with van der Waals surface area (Å²) in [6.07, 6.45) is -4.28. The second-order valence-electron chi connectivity index (χ2n) is 6.59. The molecule has 1 atom stereocenters. The fraction of sp³-hybridized carbons (Fsp3) is 0.350. The van der Waals surface area contributed by atoms with Gasteiger partial charge in [0.05, 0.1) is 7.11 Å². The number of hydrogen-bond donors (Lipinski definition) is 1. The molecule has 0 saturated heterocycles. The molecule has 2 aromatic rings. The minimum Gasteiger partial charge on any atom is -0.497 e. The molecule has 0 bridgehead atoms. The average Bonchev–Trinajstić information content (AvgIpc) is 2.65. The standard InChI is InChI=1S/C20H21F3N2O2/c1-27-18-8-6-14(7-9-18)12-25-13-16-5-3-2-4-15(16)10-17(25)11-24-19(26)20(21,22)23/h2-9,17H,10-13H2,1H3,(H,24,26). The van der Waals surface area contributed by atoms with E-state index in [4.69, 9.17) is 4.74 Å². The third kappa shape index (κ3) is 4.80. The monoisotopic (exact) mass is 378 g/mol. The fourth-order valence-corrected chi connectivity index (χ4v) is 3.30. The number of ether oxygens (including phenoxy) is 1. The summed E-state index contributed by atoms with van der Waals surface area (Å²) in [6.45, 7) is 1.14. The van der Waals surface area contributed by atoms with E-state index in [1.165, 1.54) is 0 Å². The van der Waals surface area contributed by atoms with Gasteiger partial charge in [-0.25, -0.2) is 0 Å². The van der Waals surface area contributed by atoms with E-state index in [0.29, 0.717) is 19.5 Å². The molecule has 1 N–H and O–H groups in total. The van der Waals surface area contributed by atoms with Gasteiger partial charge in [0.25, 0.3) is 0 Å². The number of nitrogens with one attached hydrogen (secondary N) is 1. The van der Waals surface area contributed by atoms with E-state index in [-0.39, 0.29) is 12.6 Å². The summed E-state index contributed by atoms with van der Waals surface area (Å²) in [5.41, 5.74) is 3.29. The van der Waals surface area contributed by atoms with Crippen molar-refractivity contribution in [2.24, 2.45) is 0 Å². The van der Waals surface area contributed by atoms with Crippen molar-refractivity contribution in [3.63, 3.8) is 0 Å². The number of halogens is 3. The van der Waals surface area contributed by atoms with Gasteiger partial charge in [0.1, 0.15) is 5.75 Å². The van der Waals surface area contributed by atoms with Crippen molar-refractivity contribution in [1.82, 2.24) is 10.2 Å². The Labute approximate surface area is 155 Å². The molecule has 1 aliphatic rings. The van der Waals surface area contributed by atoms with Crippen LogP contribution >= 0.6 is 0 Å². The zero-order valence-corrected chi connectivity index (χ0v) is 14.9. The highest BCUT2D eigenvalue weighted by molar-refractivity contribution is 5.81. The molecule has 144 valence electrons. The first kappa shape index (κ1) is 19.2. The van der Waals surface area contributed by atoms with Crippen LogP contribution in [0.1, 0.15) is 16.7 Å². The van der Waals surface area contributed by atoms with Crippen LogP contribution in [-0.4, -0.2) is 36.7 Å². The lowest BCUT2D eigenvalue weighted by atomic mass is 9.93. The van der Waals surface area contributed by atoms with Crippen molar-refractivity contribution < 1.29 is 22.7 Å². The minimum atomic E-state index is -4.87. The molecular formula is C20H21F3N2O2. The molecule has 27 heavy (non-hydrogen) atoms. The quantitative estimate of drug-likeness (QED) is 0.868. The Morgan fingerprint density at radius 2 is 1.81 bits per heavy atom. The maximum atomic E-state index is 12.5. The molecule has 0 radical (unpaired) electrons. The average molecular weight is 378 g/mol. The molecule has 0 aromatic heterocycles. The molecule has 0 aliphatic carbocycles. The number of fused-ring (bicyclic) bond motifs is 1. The van der Waals surface area contributed by atoms with E-state index in [1.54, 1.807) is 7.11 Å². The summed E-state index contributed by atoms with van der Waals surface area (Å²) in [6, 6.07) is 15.3. The van der Waals surface area contributed by atoms with E-state index in [0.717, 1.165) is 22.4 Å². The molecule has 0 fully saturated rings. The first-order chi connectivity index (χ1) is 12.9. The fourth-order valence-electron chi connectivity index (χ4n) is 3.30. The maximum absolute atomic E-state index is 12.5. The van der Waals surface area contributed by atoms with E-state index in [2.05, 4.69) is 4.90 Å². The highest BCUT2D eigenvalue weighted by atomic mass is 19.4. The third-order valence-corrected chi connectivity index (χ3v) is 4.76. The van der Waals surface area contributed by atoms with Gasteiger partial charge in [-0.2, -0.15) is 13.2 Å². The van der Waals surface area contributed by atoms with E-state index in [9.17, 15) is 18.0 Å². The van der Waals surface area contributed by atoms with Crippen LogP contribution in [0.4, 0.5) is 13.2 Å². The van der Waals surface area contributed by atoms with Gasteiger partial charge in [0, 0.05) is 25.7 Å². The Hall–Kier alpha value is -2.54. The summed E-state index contributed by atoms with van der Waals surface area (Å²) in [5, 5.41) is 2.03. The Balaban J connectivity index is 1.75. The van der Waals surface area contributed by atoms with Gasteiger partial charge in [0.15, 0.2) is 0 Å². The predicted octanol–water partition coefficient (Wildman–Crippen LogP) is 3.30. The highest BCUT2D eigenvalue weighted by Crippen LogP contribution is 2.25. The van der Waals surface area contributed by atoms with Gasteiger partial charge in [-0.1, -0.05) is 36.4 Å². The number of alkyl halides is 3. The Morgan fingerprint density at radius 1 is 1.15 bits per heavy atom. The van der Waals surface area contributed by atoms with Gasteiger partial charge in [-0.15, -0.1) is 0 Å². The largest absolute Gasteiger partial charge is 0.497 e. The molecule has 1 aliphatic heterocycles. The second-order valence-corrected chi connectivity index (χ2v) is 6.59. The number of nitrogens with zero attached hydrogens (tertiary/aromatic N) is 1. The summed E-state index contributed by atoms with van der Waals surface area (Å²) in [4.78, 5) is 13.3. The SMILES string of the molecule is COc1ccc(CN2Cc3ccccc3CC2CNC(=O)C(F)(F)F)cc1. The number of carbonyl (C=O) groups excluding carboxylic acids is 1. The van der Waals surface area contributed by atoms with Crippen LogP contribution < -0.4 is 10.1 Å². The van der Waals surface area contributed by atoms with Crippen molar-refractivity contribution in [3.05, 3.63) is 65.2 Å². The molecule has 1 unspecified atom stereocenters. The highest BCUT2D eigenvalue weighted by Gasteiger charge is 2.39. The second kappa shape index (κ2) is 8.00. The normalized spacial score (nSPS) is 17.3. The van der Waals surface area contributed by atoms with Crippen LogP contribution in [-0.2, 0) is 24.3 Å². The Morgan fingerprint density at radius 3 is 2.44 bits per heavy atom. The topological polar surface area (TPSA) is 41.6 Å². The summed E-state index contributed by atoms with van der Waals surface area (Å²) in [7, 11) is 1.59. The van der Waals surface area contributed by atoms with E-state index < -0.39 is 12.1 Å².